The van der Waals surface area contributed by atoms with Crippen molar-refractivity contribution in [3.63, 3.8) is 0 Å². The standard InChI is InChI=1S/C14H12N2O4S/c1-9(17)13-10(2)20-14(12(13)8-15)16-21(18,19)11-6-4-3-5-7-11/h3-7,16H,1-2H3. The zero-order chi connectivity index (χ0) is 15.6. The van der Waals surface area contributed by atoms with Gasteiger partial charge in [-0.1, -0.05) is 18.2 Å². The van der Waals surface area contributed by atoms with Gasteiger partial charge in [0.25, 0.3) is 10.0 Å². The molecule has 0 radical (unpaired) electrons. The Balaban J connectivity index is 2.49. The summed E-state index contributed by atoms with van der Waals surface area (Å²) in [6.07, 6.45) is 0. The number of hydrogen-bond acceptors (Lipinski definition) is 5. The lowest BCUT2D eigenvalue weighted by Gasteiger charge is -2.05. The minimum atomic E-state index is -3.88. The quantitative estimate of drug-likeness (QED) is 0.874. The maximum Gasteiger partial charge on any atom is 0.264 e. The maximum absolute atomic E-state index is 12.2. The zero-order valence-corrected chi connectivity index (χ0v) is 12.2. The van der Waals surface area contributed by atoms with Crippen LogP contribution in [0, 0.1) is 18.3 Å². The van der Waals surface area contributed by atoms with E-state index in [-0.39, 0.29) is 33.5 Å². The molecule has 0 amide bonds. The fraction of sp³-hybridized carbons (Fsp3) is 0.143. The third kappa shape index (κ3) is 2.80. The van der Waals surface area contributed by atoms with Gasteiger partial charge < -0.3 is 4.42 Å². The number of benzene rings is 1. The summed E-state index contributed by atoms with van der Waals surface area (Å²) in [5.74, 6) is -0.410. The molecule has 0 atom stereocenters. The lowest BCUT2D eigenvalue weighted by atomic mass is 10.1. The third-order valence-electron chi connectivity index (χ3n) is 2.83. The van der Waals surface area contributed by atoms with Crippen LogP contribution < -0.4 is 4.72 Å². The molecule has 0 saturated carbocycles. The molecule has 0 aliphatic rings. The predicted octanol–water partition coefficient (Wildman–Crippen LogP) is 2.46. The van der Waals surface area contributed by atoms with E-state index in [0.717, 1.165) is 0 Å². The largest absolute Gasteiger partial charge is 0.443 e. The Morgan fingerprint density at radius 3 is 2.43 bits per heavy atom. The molecule has 1 N–H and O–H groups in total. The first-order chi connectivity index (χ1) is 9.86. The number of rotatable bonds is 4. The average Bonchev–Trinajstić information content (AvgIpc) is 2.74. The number of hydrogen-bond donors (Lipinski definition) is 1. The molecule has 2 rings (SSSR count). The first-order valence-corrected chi connectivity index (χ1v) is 7.47. The Hall–Kier alpha value is -2.59. The molecule has 6 nitrogen and oxygen atoms in total. The fourth-order valence-electron chi connectivity index (χ4n) is 1.93. The molecular formula is C14H12N2O4S. The van der Waals surface area contributed by atoms with E-state index in [2.05, 4.69) is 4.72 Å². The summed E-state index contributed by atoms with van der Waals surface area (Å²) in [6.45, 7) is 2.78. The molecule has 1 heterocycles. The summed E-state index contributed by atoms with van der Waals surface area (Å²) < 4.78 is 31.8. The summed E-state index contributed by atoms with van der Waals surface area (Å²) in [4.78, 5) is 11.5. The Bertz CT molecular complexity index is 830. The van der Waals surface area contributed by atoms with Crippen LogP contribution in [-0.2, 0) is 10.0 Å². The summed E-state index contributed by atoms with van der Waals surface area (Å²) in [7, 11) is -3.88. The molecule has 2 aromatic rings. The third-order valence-corrected chi connectivity index (χ3v) is 4.18. The van der Waals surface area contributed by atoms with Crippen molar-refractivity contribution in [3.05, 3.63) is 47.2 Å². The molecule has 1 aromatic heterocycles. The van der Waals surface area contributed by atoms with E-state index >= 15 is 0 Å². The van der Waals surface area contributed by atoms with Gasteiger partial charge in [0.15, 0.2) is 5.78 Å². The van der Waals surface area contributed by atoms with Crippen LogP contribution in [0.15, 0.2) is 39.6 Å². The van der Waals surface area contributed by atoms with Gasteiger partial charge in [-0.3, -0.25) is 4.79 Å². The highest BCUT2D eigenvalue weighted by Gasteiger charge is 2.25. The Kier molecular flexibility index (Phi) is 3.82. The number of carbonyl (C=O) groups excluding carboxylic acids is 1. The van der Waals surface area contributed by atoms with E-state index < -0.39 is 10.0 Å². The highest BCUT2D eigenvalue weighted by atomic mass is 32.2. The van der Waals surface area contributed by atoms with Crippen molar-refractivity contribution in [1.29, 1.82) is 5.26 Å². The Morgan fingerprint density at radius 1 is 1.29 bits per heavy atom. The van der Waals surface area contributed by atoms with Crippen LogP contribution in [0.3, 0.4) is 0 Å². The number of aryl methyl sites for hydroxylation is 1. The Labute approximate surface area is 122 Å². The van der Waals surface area contributed by atoms with Gasteiger partial charge >= 0.3 is 0 Å². The zero-order valence-electron chi connectivity index (χ0n) is 11.4. The number of Topliss-reactive ketones (excluding diaryl/α,β-unsaturated/α-hetero) is 1. The van der Waals surface area contributed by atoms with Gasteiger partial charge in [-0.15, -0.1) is 0 Å². The van der Waals surface area contributed by atoms with Crippen LogP contribution in [0.1, 0.15) is 28.6 Å². The lowest BCUT2D eigenvalue weighted by Crippen LogP contribution is -2.13. The minimum Gasteiger partial charge on any atom is -0.443 e. The number of anilines is 1. The van der Waals surface area contributed by atoms with Crippen LogP contribution in [0.4, 0.5) is 5.88 Å². The van der Waals surface area contributed by atoms with Gasteiger partial charge in [-0.05, 0) is 26.0 Å². The maximum atomic E-state index is 12.2. The van der Waals surface area contributed by atoms with Gasteiger partial charge in [0.05, 0.1) is 10.5 Å². The van der Waals surface area contributed by atoms with Crippen molar-refractivity contribution < 1.29 is 17.6 Å². The van der Waals surface area contributed by atoms with Crippen molar-refractivity contribution >= 4 is 21.7 Å². The van der Waals surface area contributed by atoms with Gasteiger partial charge in [0, 0.05) is 0 Å². The number of sulfonamides is 1. The second-order valence-electron chi connectivity index (χ2n) is 4.32. The first kappa shape index (κ1) is 14.8. The minimum absolute atomic E-state index is 0.0346. The number of nitrogens with zero attached hydrogens (tertiary/aromatic N) is 1. The van der Waals surface area contributed by atoms with Crippen molar-refractivity contribution in [1.82, 2.24) is 0 Å². The summed E-state index contributed by atoms with van der Waals surface area (Å²) in [5.41, 5.74) is -0.0252. The molecule has 21 heavy (non-hydrogen) atoms. The fourth-order valence-corrected chi connectivity index (χ4v) is 2.95. The molecule has 0 unspecified atom stereocenters. The molecule has 0 spiro atoms. The Morgan fingerprint density at radius 2 is 1.90 bits per heavy atom. The second kappa shape index (κ2) is 5.42. The second-order valence-corrected chi connectivity index (χ2v) is 6.01. The SMILES string of the molecule is CC(=O)c1c(C)oc(NS(=O)(=O)c2ccccc2)c1C#N. The number of ketones is 1. The normalized spacial score (nSPS) is 10.9. The van der Waals surface area contributed by atoms with Crippen LogP contribution >= 0.6 is 0 Å². The molecule has 108 valence electrons. The summed E-state index contributed by atoms with van der Waals surface area (Å²) in [6, 6.07) is 9.46. The average molecular weight is 304 g/mol. The smallest absolute Gasteiger partial charge is 0.264 e. The van der Waals surface area contributed by atoms with Gasteiger partial charge in [-0.25, -0.2) is 13.1 Å². The van der Waals surface area contributed by atoms with E-state index in [4.69, 9.17) is 9.68 Å². The number of nitriles is 1. The van der Waals surface area contributed by atoms with Gasteiger partial charge in [-0.2, -0.15) is 5.26 Å². The number of furan rings is 1. The van der Waals surface area contributed by atoms with E-state index in [9.17, 15) is 13.2 Å². The summed E-state index contributed by atoms with van der Waals surface area (Å²) >= 11 is 0. The van der Waals surface area contributed by atoms with Gasteiger partial charge in [0.2, 0.25) is 5.88 Å². The monoisotopic (exact) mass is 304 g/mol. The molecule has 0 bridgehead atoms. The molecule has 0 saturated heterocycles. The molecule has 7 heteroatoms. The van der Waals surface area contributed by atoms with Crippen molar-refractivity contribution in [2.45, 2.75) is 18.7 Å². The first-order valence-electron chi connectivity index (χ1n) is 5.99. The van der Waals surface area contributed by atoms with Crippen molar-refractivity contribution in [3.8, 4) is 6.07 Å². The molecular weight excluding hydrogens is 292 g/mol. The van der Waals surface area contributed by atoms with Crippen LogP contribution in [0.5, 0.6) is 0 Å². The highest BCUT2D eigenvalue weighted by Crippen LogP contribution is 2.28. The van der Waals surface area contributed by atoms with Crippen LogP contribution in [0.25, 0.3) is 0 Å². The van der Waals surface area contributed by atoms with E-state index in [1.165, 1.54) is 26.0 Å². The molecule has 0 fully saturated rings. The number of carbonyl (C=O) groups is 1. The van der Waals surface area contributed by atoms with E-state index in [1.807, 2.05) is 0 Å². The topological polar surface area (TPSA) is 100 Å². The molecule has 0 aliphatic carbocycles. The lowest BCUT2D eigenvalue weighted by molar-refractivity contribution is 0.101. The van der Waals surface area contributed by atoms with Gasteiger partial charge in [0.1, 0.15) is 17.4 Å². The highest BCUT2D eigenvalue weighted by molar-refractivity contribution is 7.92. The summed E-state index contributed by atoms with van der Waals surface area (Å²) in [5, 5.41) is 9.13. The predicted molar refractivity (Wildman–Crippen MR) is 75.4 cm³/mol. The van der Waals surface area contributed by atoms with Crippen molar-refractivity contribution in [2.75, 3.05) is 4.72 Å². The molecule has 0 aliphatic heterocycles. The molecule has 1 aromatic carbocycles. The van der Waals surface area contributed by atoms with Crippen molar-refractivity contribution in [2.24, 2.45) is 0 Å². The van der Waals surface area contributed by atoms with E-state index in [0.29, 0.717) is 0 Å². The van der Waals surface area contributed by atoms with Crippen LogP contribution in [-0.4, -0.2) is 14.2 Å². The van der Waals surface area contributed by atoms with Crippen LogP contribution in [0.2, 0.25) is 0 Å². The number of nitrogens with one attached hydrogen (secondary N) is 1. The van der Waals surface area contributed by atoms with E-state index in [1.54, 1.807) is 24.3 Å².